The summed E-state index contributed by atoms with van der Waals surface area (Å²) >= 11 is 13.8. The molecule has 0 saturated carbocycles. The van der Waals surface area contributed by atoms with Gasteiger partial charge >= 0.3 is 5.79 Å². The third-order valence-electron chi connectivity index (χ3n) is 8.40. The van der Waals surface area contributed by atoms with Crippen LogP contribution in [0.1, 0.15) is 108 Å². The lowest BCUT2D eigenvalue weighted by atomic mass is 10.0. The number of hydrogen-bond donors (Lipinski definition) is 4. The van der Waals surface area contributed by atoms with E-state index in [9.17, 15) is 19.8 Å². The number of oxime groups is 1. The predicted octanol–water partition coefficient (Wildman–Crippen LogP) is 8.30. The molecule has 1 spiro atoms. The van der Waals surface area contributed by atoms with E-state index < -0.39 is 23.9 Å². The van der Waals surface area contributed by atoms with Crippen LogP contribution in [0.4, 0.5) is 0 Å². The highest BCUT2D eigenvalue weighted by molar-refractivity contribution is 9.12. The van der Waals surface area contributed by atoms with Gasteiger partial charge in [-0.25, -0.2) is 0 Å². The summed E-state index contributed by atoms with van der Waals surface area (Å²) < 4.78 is 19.2. The molecule has 3 atom stereocenters. The second kappa shape index (κ2) is 22.4. The molecule has 1 aromatic rings. The Bertz CT molecular complexity index is 1350. The SMILES string of the molecule is CCCCCCCCCCCCCC(=O)NC[C@H](O)c1cc(Br)c(OCCCNC(=O)C2=NO[C@@]3(CC(Br)=C(OC)C(Br)=CO3)[C@H]2O)c(Br)c1. The Balaban J connectivity index is 1.33. The van der Waals surface area contributed by atoms with Gasteiger partial charge in [0.25, 0.3) is 5.91 Å². The van der Waals surface area contributed by atoms with Crippen molar-refractivity contribution >= 4 is 81.2 Å². The molecule has 0 radical (unpaired) electrons. The van der Waals surface area contributed by atoms with Crippen LogP contribution in [0.15, 0.2) is 47.2 Å². The number of carbonyl (C=O) groups excluding carboxylic acids is 2. The van der Waals surface area contributed by atoms with Gasteiger partial charge in [0.2, 0.25) is 5.91 Å². The molecule has 0 aromatic heterocycles. The minimum Gasteiger partial charge on any atom is -0.495 e. The van der Waals surface area contributed by atoms with Crippen LogP contribution < -0.4 is 15.4 Å². The van der Waals surface area contributed by atoms with Crippen molar-refractivity contribution < 1.29 is 38.9 Å². The second-order valence-corrected chi connectivity index (χ2v) is 15.9. The molecule has 0 unspecified atom stereocenters. The molecular weight excluding hydrogens is 910 g/mol. The number of allylic oxidation sites excluding steroid dienone is 1. The molecule has 2 aliphatic rings. The summed E-state index contributed by atoms with van der Waals surface area (Å²) in [5, 5.41) is 31.0. The molecule has 2 amide bonds. The number of carbonyl (C=O) groups is 2. The molecule has 15 heteroatoms. The quantitative estimate of drug-likeness (QED) is 0.0850. The highest BCUT2D eigenvalue weighted by atomic mass is 79.9. The zero-order valence-corrected chi connectivity index (χ0v) is 35.1. The number of halogens is 4. The number of hydrogen-bond acceptors (Lipinski definition) is 9. The van der Waals surface area contributed by atoms with Crippen LogP contribution in [-0.2, 0) is 23.9 Å². The molecule has 0 saturated heterocycles. The van der Waals surface area contributed by atoms with Crippen molar-refractivity contribution in [3.63, 3.8) is 0 Å². The number of rotatable bonds is 22. The molecule has 4 N–H and O–H groups in total. The Morgan fingerprint density at radius 1 is 0.980 bits per heavy atom. The standard InChI is InChI=1S/C35H49Br4N3O8/c1-3-4-5-6-7-8-9-10-11-12-13-15-29(44)41-21-28(43)23-18-24(36)32(25(37)19-23)48-17-14-16-40-34(46)30-33(45)35(50-42-30)20-26(38)31(47-2)27(39)22-49-35/h18-19,22,28,33,43,45H,3-17,20-21H2,1-2H3,(H,40,46)(H,41,44)/t28-,33-,35-/m0/s1. The van der Waals surface area contributed by atoms with Crippen LogP contribution in [-0.4, -0.2) is 66.4 Å². The Morgan fingerprint density at radius 3 is 2.22 bits per heavy atom. The lowest BCUT2D eigenvalue weighted by molar-refractivity contribution is -0.225. The molecular formula is C35H49Br4N3O8. The Kier molecular flexibility index (Phi) is 19.2. The summed E-state index contributed by atoms with van der Waals surface area (Å²) in [6, 6.07) is 3.51. The first-order valence-corrected chi connectivity index (χ1v) is 20.5. The molecule has 280 valence electrons. The van der Waals surface area contributed by atoms with Crippen LogP contribution in [0, 0.1) is 0 Å². The van der Waals surface area contributed by atoms with Crippen LogP contribution in [0.25, 0.3) is 0 Å². The summed E-state index contributed by atoms with van der Waals surface area (Å²) in [7, 11) is 1.50. The molecule has 0 aliphatic carbocycles. The van der Waals surface area contributed by atoms with Gasteiger partial charge in [0, 0.05) is 24.0 Å². The number of benzene rings is 1. The molecule has 3 rings (SSSR count). The zero-order valence-electron chi connectivity index (χ0n) is 28.7. The van der Waals surface area contributed by atoms with Crippen molar-refractivity contribution in [1.29, 1.82) is 0 Å². The maximum absolute atomic E-state index is 12.8. The average Bonchev–Trinajstić information content (AvgIpc) is 3.34. The number of aliphatic hydroxyl groups is 2. The third-order valence-corrected chi connectivity index (χ3v) is 10.8. The minimum atomic E-state index is -1.62. The van der Waals surface area contributed by atoms with Crippen LogP contribution in [0.3, 0.4) is 0 Å². The van der Waals surface area contributed by atoms with Gasteiger partial charge in [0.1, 0.15) is 17.8 Å². The van der Waals surface area contributed by atoms with Gasteiger partial charge in [-0.15, -0.1) is 0 Å². The summed E-state index contributed by atoms with van der Waals surface area (Å²) in [5.74, 6) is -1.26. The highest BCUT2D eigenvalue weighted by Crippen LogP contribution is 2.41. The van der Waals surface area contributed by atoms with Crippen molar-refractivity contribution in [3.05, 3.63) is 47.6 Å². The molecule has 2 aliphatic heterocycles. The van der Waals surface area contributed by atoms with Crippen molar-refractivity contribution in [3.8, 4) is 5.75 Å². The second-order valence-electron chi connectivity index (χ2n) is 12.4. The van der Waals surface area contributed by atoms with E-state index >= 15 is 0 Å². The third kappa shape index (κ3) is 13.1. The number of ether oxygens (including phenoxy) is 3. The first-order valence-electron chi connectivity index (χ1n) is 17.3. The number of aliphatic hydroxyl groups excluding tert-OH is 2. The lowest BCUT2D eigenvalue weighted by Crippen LogP contribution is -2.49. The maximum Gasteiger partial charge on any atom is 0.311 e. The molecule has 0 bridgehead atoms. The molecule has 2 heterocycles. The first-order chi connectivity index (χ1) is 24.0. The van der Waals surface area contributed by atoms with E-state index in [1.807, 2.05) is 0 Å². The fourth-order valence-corrected chi connectivity index (χ4v) is 8.49. The molecule has 50 heavy (non-hydrogen) atoms. The maximum atomic E-state index is 12.8. The predicted molar refractivity (Wildman–Crippen MR) is 207 cm³/mol. The number of amides is 2. The largest absolute Gasteiger partial charge is 0.495 e. The average molecular weight is 959 g/mol. The van der Waals surface area contributed by atoms with Gasteiger partial charge in [-0.05, 0) is 78.3 Å². The van der Waals surface area contributed by atoms with Gasteiger partial charge in [-0.3, -0.25) is 9.59 Å². The van der Waals surface area contributed by atoms with E-state index in [4.69, 9.17) is 19.0 Å². The number of unbranched alkanes of at least 4 members (excludes halogenated alkanes) is 10. The van der Waals surface area contributed by atoms with E-state index in [-0.39, 0.29) is 37.7 Å². The Labute approximate surface area is 328 Å². The van der Waals surface area contributed by atoms with Gasteiger partial charge in [-0.1, -0.05) is 92.2 Å². The zero-order chi connectivity index (χ0) is 36.5. The van der Waals surface area contributed by atoms with Gasteiger partial charge in [0.05, 0.1) is 39.7 Å². The van der Waals surface area contributed by atoms with Crippen molar-refractivity contribution in [1.82, 2.24) is 10.6 Å². The van der Waals surface area contributed by atoms with Crippen molar-refractivity contribution in [2.24, 2.45) is 5.16 Å². The summed E-state index contributed by atoms with van der Waals surface area (Å²) in [5.41, 5.74) is 0.414. The van der Waals surface area contributed by atoms with Gasteiger partial charge in [-0.2, -0.15) is 0 Å². The normalized spacial score (nSPS) is 19.2. The molecule has 11 nitrogen and oxygen atoms in total. The number of methoxy groups -OCH3 is 1. The summed E-state index contributed by atoms with van der Waals surface area (Å²) in [4.78, 5) is 30.6. The van der Waals surface area contributed by atoms with Gasteiger partial charge < -0.3 is 39.9 Å². The lowest BCUT2D eigenvalue weighted by Gasteiger charge is -2.27. The van der Waals surface area contributed by atoms with Crippen LogP contribution in [0.5, 0.6) is 5.75 Å². The minimum absolute atomic E-state index is 0.0464. The first kappa shape index (κ1) is 42.8. The summed E-state index contributed by atoms with van der Waals surface area (Å²) in [6.45, 7) is 2.86. The van der Waals surface area contributed by atoms with Crippen molar-refractivity contribution in [2.75, 3.05) is 26.8 Å². The summed E-state index contributed by atoms with van der Waals surface area (Å²) in [6.07, 6.45) is 13.5. The van der Waals surface area contributed by atoms with E-state index in [1.54, 1.807) is 12.1 Å². The fourth-order valence-electron chi connectivity index (χ4n) is 5.51. The smallest absolute Gasteiger partial charge is 0.311 e. The Hall–Kier alpha value is -1.65. The Morgan fingerprint density at radius 2 is 1.60 bits per heavy atom. The van der Waals surface area contributed by atoms with E-state index in [0.29, 0.717) is 47.8 Å². The topological polar surface area (TPSA) is 148 Å². The molecule has 0 fully saturated rings. The monoisotopic (exact) mass is 955 g/mol. The van der Waals surface area contributed by atoms with E-state index in [1.165, 1.54) is 64.7 Å². The fraction of sp³-hybridized carbons (Fsp3) is 0.629. The van der Waals surface area contributed by atoms with Gasteiger partial charge in [0.15, 0.2) is 11.8 Å². The number of nitrogens with one attached hydrogen (secondary N) is 2. The molecule has 1 aromatic carbocycles. The van der Waals surface area contributed by atoms with Crippen molar-refractivity contribution in [2.45, 2.75) is 115 Å². The number of nitrogens with zero attached hydrogens (tertiary/aromatic N) is 1. The van der Waals surface area contributed by atoms with Crippen LogP contribution >= 0.6 is 63.7 Å². The van der Waals surface area contributed by atoms with Crippen LogP contribution in [0.2, 0.25) is 0 Å². The van der Waals surface area contributed by atoms with E-state index in [0.717, 1.165) is 19.3 Å². The van der Waals surface area contributed by atoms with E-state index in [2.05, 4.69) is 86.4 Å². The highest BCUT2D eigenvalue weighted by Gasteiger charge is 2.54.